The molecule has 0 bridgehead atoms. The summed E-state index contributed by atoms with van der Waals surface area (Å²) in [6.45, 7) is 7.16. The third-order valence-corrected chi connectivity index (χ3v) is 8.48. The van der Waals surface area contributed by atoms with Gasteiger partial charge in [-0.3, -0.25) is 0 Å². The van der Waals surface area contributed by atoms with Crippen molar-refractivity contribution in [2.75, 3.05) is 0 Å². The number of rotatable bonds is 1. The average molecular weight is 316 g/mol. The molecular formula is C21H32O2. The van der Waals surface area contributed by atoms with Gasteiger partial charge in [-0.05, 0) is 85.2 Å². The summed E-state index contributed by atoms with van der Waals surface area (Å²) in [6, 6.07) is 0. The largest absolute Gasteiger partial charge is 0.508 e. The number of aliphatic hydroxyl groups excluding tert-OH is 2. The van der Waals surface area contributed by atoms with E-state index >= 15 is 0 Å². The van der Waals surface area contributed by atoms with Crippen molar-refractivity contribution in [1.29, 1.82) is 0 Å². The maximum atomic E-state index is 10.7. The molecule has 0 aromatic carbocycles. The highest BCUT2D eigenvalue weighted by Gasteiger charge is 2.60. The summed E-state index contributed by atoms with van der Waals surface area (Å²) in [5.74, 6) is 3.15. The molecule has 0 aromatic rings. The monoisotopic (exact) mass is 316 g/mol. The molecule has 7 atom stereocenters. The molecule has 0 heterocycles. The SMILES string of the molecule is CC[C@H]1C(O)C[C@H]2[C@@H]3CCC4=CC(O)=CC[C@]4(C)[C@H]3CC[C@]12C. The van der Waals surface area contributed by atoms with E-state index in [1.54, 1.807) is 0 Å². The second kappa shape index (κ2) is 5.12. The third kappa shape index (κ3) is 2.03. The Balaban J connectivity index is 1.67. The molecular weight excluding hydrogens is 284 g/mol. The third-order valence-electron chi connectivity index (χ3n) is 8.48. The zero-order valence-electron chi connectivity index (χ0n) is 14.9. The number of aliphatic hydroxyl groups is 2. The summed E-state index contributed by atoms with van der Waals surface area (Å²) in [4.78, 5) is 0. The minimum atomic E-state index is -0.0891. The molecule has 0 radical (unpaired) electrons. The molecule has 0 spiro atoms. The van der Waals surface area contributed by atoms with Crippen LogP contribution in [-0.2, 0) is 0 Å². The molecule has 3 saturated carbocycles. The van der Waals surface area contributed by atoms with Gasteiger partial charge in [0.1, 0.15) is 5.76 Å². The summed E-state index contributed by atoms with van der Waals surface area (Å²) in [5.41, 5.74) is 2.07. The Kier molecular flexibility index (Phi) is 3.50. The quantitative estimate of drug-likeness (QED) is 0.715. The maximum absolute atomic E-state index is 10.7. The van der Waals surface area contributed by atoms with Crippen molar-refractivity contribution in [3.63, 3.8) is 0 Å². The highest BCUT2D eigenvalue weighted by atomic mass is 16.3. The van der Waals surface area contributed by atoms with E-state index in [4.69, 9.17) is 0 Å². The minimum Gasteiger partial charge on any atom is -0.508 e. The molecule has 23 heavy (non-hydrogen) atoms. The summed E-state index contributed by atoms with van der Waals surface area (Å²) < 4.78 is 0. The second-order valence-electron chi connectivity index (χ2n) is 9.20. The van der Waals surface area contributed by atoms with E-state index in [9.17, 15) is 10.2 Å². The highest BCUT2D eigenvalue weighted by Crippen LogP contribution is 2.66. The van der Waals surface area contributed by atoms with Crippen LogP contribution in [-0.4, -0.2) is 16.3 Å². The maximum Gasteiger partial charge on any atom is 0.111 e. The average Bonchev–Trinajstić information content (AvgIpc) is 2.77. The van der Waals surface area contributed by atoms with Gasteiger partial charge in [0.2, 0.25) is 0 Å². The fourth-order valence-electron chi connectivity index (χ4n) is 7.25. The van der Waals surface area contributed by atoms with Gasteiger partial charge < -0.3 is 10.2 Å². The molecule has 3 fully saturated rings. The van der Waals surface area contributed by atoms with Gasteiger partial charge >= 0.3 is 0 Å². The Hall–Kier alpha value is -0.760. The van der Waals surface area contributed by atoms with Gasteiger partial charge in [0.25, 0.3) is 0 Å². The van der Waals surface area contributed by atoms with Crippen molar-refractivity contribution >= 4 is 0 Å². The van der Waals surface area contributed by atoms with E-state index in [1.807, 2.05) is 12.2 Å². The lowest BCUT2D eigenvalue weighted by Crippen LogP contribution is -2.49. The Labute approximate surface area is 140 Å². The Morgan fingerprint density at radius 1 is 1.22 bits per heavy atom. The van der Waals surface area contributed by atoms with Gasteiger partial charge in [0, 0.05) is 0 Å². The Morgan fingerprint density at radius 2 is 2.00 bits per heavy atom. The molecule has 0 aliphatic heterocycles. The zero-order chi connectivity index (χ0) is 16.4. The van der Waals surface area contributed by atoms with E-state index in [2.05, 4.69) is 20.8 Å². The van der Waals surface area contributed by atoms with E-state index < -0.39 is 0 Å². The van der Waals surface area contributed by atoms with Crippen LogP contribution >= 0.6 is 0 Å². The predicted octanol–water partition coefficient (Wildman–Crippen LogP) is 5.00. The normalized spacial score (nSPS) is 52.1. The van der Waals surface area contributed by atoms with E-state index in [-0.39, 0.29) is 11.5 Å². The first-order valence-corrected chi connectivity index (χ1v) is 9.68. The van der Waals surface area contributed by atoms with Crippen LogP contribution in [0.4, 0.5) is 0 Å². The lowest BCUT2D eigenvalue weighted by molar-refractivity contribution is -0.0494. The molecule has 0 aromatic heterocycles. The number of fused-ring (bicyclic) bond motifs is 5. The van der Waals surface area contributed by atoms with Crippen molar-refractivity contribution in [2.45, 2.75) is 71.8 Å². The van der Waals surface area contributed by atoms with Gasteiger partial charge in [-0.2, -0.15) is 0 Å². The van der Waals surface area contributed by atoms with Gasteiger partial charge in [0.05, 0.1) is 6.10 Å². The van der Waals surface area contributed by atoms with Crippen molar-refractivity contribution in [1.82, 2.24) is 0 Å². The summed E-state index contributed by atoms with van der Waals surface area (Å²) >= 11 is 0. The molecule has 2 heteroatoms. The van der Waals surface area contributed by atoms with Crippen molar-refractivity contribution in [3.8, 4) is 0 Å². The topological polar surface area (TPSA) is 40.5 Å². The molecule has 1 unspecified atom stereocenters. The van der Waals surface area contributed by atoms with Crippen LogP contribution < -0.4 is 0 Å². The van der Waals surface area contributed by atoms with Gasteiger partial charge in [-0.25, -0.2) is 0 Å². The standard InChI is InChI=1S/C21H32O2/c1-4-16-19(23)12-18-15-6-5-13-11-14(22)7-9-20(13,2)17(15)8-10-21(16,18)3/h7,11,15-19,22-23H,4-6,8-10,12H2,1-3H3/t15-,16+,17+,18+,19?,20+,21-/m1/s1. The summed E-state index contributed by atoms with van der Waals surface area (Å²) in [6.07, 6.45) is 12.1. The van der Waals surface area contributed by atoms with Crippen molar-refractivity contribution in [3.05, 3.63) is 23.5 Å². The fourth-order valence-corrected chi connectivity index (χ4v) is 7.25. The number of hydrogen-bond acceptors (Lipinski definition) is 2. The first-order valence-electron chi connectivity index (χ1n) is 9.68. The Bertz CT molecular complexity index is 562. The van der Waals surface area contributed by atoms with Crippen molar-refractivity contribution < 1.29 is 10.2 Å². The molecule has 4 rings (SSSR count). The lowest BCUT2D eigenvalue weighted by Gasteiger charge is -2.57. The highest BCUT2D eigenvalue weighted by molar-refractivity contribution is 5.32. The van der Waals surface area contributed by atoms with Crippen LogP contribution in [0.25, 0.3) is 0 Å². The van der Waals surface area contributed by atoms with Crippen LogP contribution in [0.2, 0.25) is 0 Å². The van der Waals surface area contributed by atoms with Crippen LogP contribution in [0.1, 0.15) is 65.7 Å². The van der Waals surface area contributed by atoms with Gasteiger partial charge in [-0.15, -0.1) is 0 Å². The van der Waals surface area contributed by atoms with Crippen LogP contribution in [0, 0.1) is 34.5 Å². The first-order chi connectivity index (χ1) is 10.9. The first kappa shape index (κ1) is 15.7. The molecule has 4 aliphatic rings. The van der Waals surface area contributed by atoms with E-state index in [0.717, 1.165) is 37.5 Å². The molecule has 2 nitrogen and oxygen atoms in total. The van der Waals surface area contributed by atoms with Crippen LogP contribution in [0.5, 0.6) is 0 Å². The van der Waals surface area contributed by atoms with Gasteiger partial charge in [-0.1, -0.05) is 32.8 Å². The number of allylic oxidation sites excluding steroid dienone is 3. The molecule has 128 valence electrons. The number of hydrogen-bond donors (Lipinski definition) is 2. The lowest BCUT2D eigenvalue weighted by atomic mass is 9.47. The second-order valence-corrected chi connectivity index (χ2v) is 9.20. The molecule has 4 aliphatic carbocycles. The zero-order valence-corrected chi connectivity index (χ0v) is 14.9. The molecule has 2 N–H and O–H groups in total. The van der Waals surface area contributed by atoms with E-state index in [1.165, 1.54) is 24.8 Å². The van der Waals surface area contributed by atoms with Gasteiger partial charge in [0.15, 0.2) is 0 Å². The predicted molar refractivity (Wildman–Crippen MR) is 93.0 cm³/mol. The molecule has 0 amide bonds. The smallest absolute Gasteiger partial charge is 0.111 e. The summed E-state index contributed by atoms with van der Waals surface area (Å²) in [7, 11) is 0. The van der Waals surface area contributed by atoms with E-state index in [0.29, 0.717) is 23.0 Å². The fraction of sp³-hybridized carbons (Fsp3) is 0.810. The van der Waals surface area contributed by atoms with Crippen molar-refractivity contribution in [2.24, 2.45) is 34.5 Å². The minimum absolute atomic E-state index is 0.0891. The summed E-state index contributed by atoms with van der Waals surface area (Å²) in [5, 5.41) is 20.6. The van der Waals surface area contributed by atoms with Crippen LogP contribution in [0.15, 0.2) is 23.5 Å². The van der Waals surface area contributed by atoms with Crippen LogP contribution in [0.3, 0.4) is 0 Å². The Morgan fingerprint density at radius 3 is 2.74 bits per heavy atom. The molecule has 0 saturated heterocycles.